The highest BCUT2D eigenvalue weighted by Gasteiger charge is 2.16. The molecule has 6 heteroatoms. The number of anilines is 1. The molecule has 4 nitrogen and oxygen atoms in total. The Hall–Kier alpha value is -1.10. The molecular weight excluding hydrogens is 271 g/mol. The first-order chi connectivity index (χ1) is 8.34. The fourth-order valence-electron chi connectivity index (χ4n) is 2.05. The molecule has 0 atom stereocenters. The molecule has 0 saturated carbocycles. The smallest absolute Gasteiger partial charge is 0.172 e. The van der Waals surface area contributed by atoms with Crippen molar-refractivity contribution in [1.82, 2.24) is 15.3 Å². The molecule has 1 saturated heterocycles. The first kappa shape index (κ1) is 13.3. The molecule has 2 aromatic rings. The Bertz CT molecular complexity index is 541. The number of benzene rings is 1. The Balaban J connectivity index is 0.00000120. The van der Waals surface area contributed by atoms with Crippen molar-refractivity contribution in [3.8, 4) is 0 Å². The Kier molecular flexibility index (Phi) is 4.22. The van der Waals surface area contributed by atoms with Gasteiger partial charge in [-0.2, -0.15) is 0 Å². The molecule has 1 aliphatic heterocycles. The van der Waals surface area contributed by atoms with Gasteiger partial charge >= 0.3 is 0 Å². The van der Waals surface area contributed by atoms with E-state index in [1.54, 1.807) is 0 Å². The van der Waals surface area contributed by atoms with Crippen molar-refractivity contribution >= 4 is 40.9 Å². The number of piperazine rings is 1. The van der Waals surface area contributed by atoms with E-state index in [-0.39, 0.29) is 12.4 Å². The van der Waals surface area contributed by atoms with Crippen molar-refractivity contribution in [2.24, 2.45) is 0 Å². The first-order valence-electron chi connectivity index (χ1n) is 5.72. The summed E-state index contributed by atoms with van der Waals surface area (Å²) in [5.41, 5.74) is 1.74. The van der Waals surface area contributed by atoms with Gasteiger partial charge in [0.15, 0.2) is 11.0 Å². The number of hydrogen-bond acceptors (Lipinski definition) is 4. The summed E-state index contributed by atoms with van der Waals surface area (Å²) < 4.78 is 0. The Morgan fingerprint density at radius 3 is 2.33 bits per heavy atom. The molecule has 1 N–H and O–H groups in total. The molecule has 0 bridgehead atoms. The van der Waals surface area contributed by atoms with Gasteiger partial charge in [-0.1, -0.05) is 23.7 Å². The molecule has 2 heterocycles. The van der Waals surface area contributed by atoms with E-state index in [0.29, 0.717) is 5.15 Å². The highest BCUT2D eigenvalue weighted by molar-refractivity contribution is 6.32. The Labute approximate surface area is 117 Å². The number of halogens is 2. The molecule has 1 aliphatic rings. The number of nitrogens with zero attached hydrogens (tertiary/aromatic N) is 3. The van der Waals surface area contributed by atoms with E-state index in [1.165, 1.54) is 0 Å². The van der Waals surface area contributed by atoms with Crippen LogP contribution in [0.2, 0.25) is 5.15 Å². The molecule has 0 amide bonds. The summed E-state index contributed by atoms with van der Waals surface area (Å²) in [5.74, 6) is 0.798. The summed E-state index contributed by atoms with van der Waals surface area (Å²) in [5, 5.41) is 3.80. The fourth-order valence-corrected chi connectivity index (χ4v) is 2.30. The summed E-state index contributed by atoms with van der Waals surface area (Å²) in [4.78, 5) is 11.2. The summed E-state index contributed by atoms with van der Waals surface area (Å²) in [6, 6.07) is 7.80. The van der Waals surface area contributed by atoms with Crippen LogP contribution in [0.25, 0.3) is 11.0 Å². The van der Waals surface area contributed by atoms with Gasteiger partial charge in [-0.25, -0.2) is 9.97 Å². The second-order valence-corrected chi connectivity index (χ2v) is 4.42. The van der Waals surface area contributed by atoms with E-state index in [0.717, 1.165) is 43.0 Å². The maximum atomic E-state index is 6.20. The minimum atomic E-state index is 0. The number of nitrogens with one attached hydrogen (secondary N) is 1. The van der Waals surface area contributed by atoms with Gasteiger partial charge in [-0.15, -0.1) is 12.4 Å². The number of aromatic nitrogens is 2. The minimum Gasteiger partial charge on any atom is -0.351 e. The van der Waals surface area contributed by atoms with Gasteiger partial charge in [0.05, 0.1) is 11.0 Å². The lowest BCUT2D eigenvalue weighted by molar-refractivity contribution is 0.585. The van der Waals surface area contributed by atoms with Crippen LogP contribution in [0.15, 0.2) is 24.3 Å². The largest absolute Gasteiger partial charge is 0.351 e. The molecule has 3 rings (SSSR count). The van der Waals surface area contributed by atoms with Gasteiger partial charge in [0, 0.05) is 26.2 Å². The van der Waals surface area contributed by atoms with Crippen LogP contribution in [0.1, 0.15) is 0 Å². The molecule has 0 aliphatic carbocycles. The van der Waals surface area contributed by atoms with E-state index in [9.17, 15) is 0 Å². The molecule has 0 radical (unpaired) electrons. The monoisotopic (exact) mass is 284 g/mol. The van der Waals surface area contributed by atoms with Crippen LogP contribution in [0.4, 0.5) is 5.82 Å². The third-order valence-electron chi connectivity index (χ3n) is 2.93. The average molecular weight is 285 g/mol. The molecule has 1 fully saturated rings. The molecule has 0 spiro atoms. The van der Waals surface area contributed by atoms with Gasteiger partial charge in [0.1, 0.15) is 0 Å². The zero-order chi connectivity index (χ0) is 11.7. The highest BCUT2D eigenvalue weighted by Crippen LogP contribution is 2.24. The third-order valence-corrected chi connectivity index (χ3v) is 3.18. The van der Waals surface area contributed by atoms with Crippen molar-refractivity contribution in [3.63, 3.8) is 0 Å². The molecular formula is C12H14Cl2N4. The summed E-state index contributed by atoms with van der Waals surface area (Å²) in [6.07, 6.45) is 0. The zero-order valence-corrected chi connectivity index (χ0v) is 11.3. The summed E-state index contributed by atoms with van der Waals surface area (Å²) >= 11 is 6.20. The molecule has 1 aromatic heterocycles. The Morgan fingerprint density at radius 2 is 1.67 bits per heavy atom. The SMILES string of the molecule is Cl.Clc1nc2ccccc2nc1N1CCNCC1. The van der Waals surface area contributed by atoms with Crippen LogP contribution in [0.3, 0.4) is 0 Å². The minimum absolute atomic E-state index is 0. The van der Waals surface area contributed by atoms with E-state index in [1.807, 2.05) is 24.3 Å². The molecule has 18 heavy (non-hydrogen) atoms. The number of fused-ring (bicyclic) bond motifs is 1. The quantitative estimate of drug-likeness (QED) is 0.871. The van der Waals surface area contributed by atoms with Crippen molar-refractivity contribution in [2.45, 2.75) is 0 Å². The lowest BCUT2D eigenvalue weighted by atomic mass is 10.3. The third kappa shape index (κ3) is 2.51. The zero-order valence-electron chi connectivity index (χ0n) is 9.77. The van der Waals surface area contributed by atoms with Crippen LogP contribution in [0, 0.1) is 0 Å². The van der Waals surface area contributed by atoms with E-state index >= 15 is 0 Å². The first-order valence-corrected chi connectivity index (χ1v) is 6.10. The van der Waals surface area contributed by atoms with Gasteiger partial charge < -0.3 is 10.2 Å². The van der Waals surface area contributed by atoms with Crippen LogP contribution in [-0.2, 0) is 0 Å². The summed E-state index contributed by atoms with van der Waals surface area (Å²) in [6.45, 7) is 3.77. The standard InChI is InChI=1S/C12H13ClN4.ClH/c13-11-12(17-7-5-14-6-8-17)16-10-4-2-1-3-9(10)15-11;/h1-4,14H,5-8H2;1H. The van der Waals surface area contributed by atoms with Crippen molar-refractivity contribution in [3.05, 3.63) is 29.4 Å². The fraction of sp³-hybridized carbons (Fsp3) is 0.333. The maximum Gasteiger partial charge on any atom is 0.172 e. The van der Waals surface area contributed by atoms with Gasteiger partial charge in [0.25, 0.3) is 0 Å². The predicted octanol–water partition coefficient (Wildman–Crippen LogP) is 2.11. The van der Waals surface area contributed by atoms with Crippen LogP contribution < -0.4 is 10.2 Å². The Morgan fingerprint density at radius 1 is 1.06 bits per heavy atom. The van der Waals surface area contributed by atoms with E-state index < -0.39 is 0 Å². The summed E-state index contributed by atoms with van der Waals surface area (Å²) in [7, 11) is 0. The normalized spacial score (nSPS) is 15.5. The lowest BCUT2D eigenvalue weighted by Gasteiger charge is -2.28. The molecule has 96 valence electrons. The predicted molar refractivity (Wildman–Crippen MR) is 76.9 cm³/mol. The topological polar surface area (TPSA) is 41.1 Å². The second kappa shape index (κ2) is 5.69. The van der Waals surface area contributed by atoms with Crippen LogP contribution in [0.5, 0.6) is 0 Å². The van der Waals surface area contributed by atoms with Crippen LogP contribution in [-0.4, -0.2) is 36.1 Å². The van der Waals surface area contributed by atoms with Crippen molar-refractivity contribution in [1.29, 1.82) is 0 Å². The van der Waals surface area contributed by atoms with Gasteiger partial charge in [-0.3, -0.25) is 0 Å². The number of rotatable bonds is 1. The van der Waals surface area contributed by atoms with E-state index in [4.69, 9.17) is 11.6 Å². The van der Waals surface area contributed by atoms with E-state index in [2.05, 4.69) is 20.2 Å². The maximum absolute atomic E-state index is 6.20. The second-order valence-electron chi connectivity index (χ2n) is 4.06. The number of hydrogen-bond donors (Lipinski definition) is 1. The van der Waals surface area contributed by atoms with Crippen molar-refractivity contribution < 1.29 is 0 Å². The van der Waals surface area contributed by atoms with Crippen LogP contribution >= 0.6 is 24.0 Å². The van der Waals surface area contributed by atoms with Gasteiger partial charge in [0.2, 0.25) is 0 Å². The van der Waals surface area contributed by atoms with Crippen molar-refractivity contribution in [2.75, 3.05) is 31.1 Å². The lowest BCUT2D eigenvalue weighted by Crippen LogP contribution is -2.44. The number of para-hydroxylation sites is 2. The molecule has 1 aromatic carbocycles. The van der Waals surface area contributed by atoms with Gasteiger partial charge in [-0.05, 0) is 12.1 Å². The highest BCUT2D eigenvalue weighted by atomic mass is 35.5. The molecule has 0 unspecified atom stereocenters. The average Bonchev–Trinajstić information content (AvgIpc) is 2.39.